The van der Waals surface area contributed by atoms with Gasteiger partial charge in [-0.1, -0.05) is 30.3 Å². The molecule has 2 rings (SSSR count). The van der Waals surface area contributed by atoms with Gasteiger partial charge in [-0.05, 0) is 6.92 Å². The molecule has 134 valence electrons. The molecule has 0 aliphatic rings. The monoisotopic (exact) mass is 367 g/mol. The minimum Gasteiger partial charge on any atom is -0.461 e. The lowest BCUT2D eigenvalue weighted by Gasteiger charge is -2.10. The van der Waals surface area contributed by atoms with E-state index in [-0.39, 0.29) is 24.7 Å². The highest BCUT2D eigenvalue weighted by molar-refractivity contribution is 6.17. The zero-order chi connectivity index (χ0) is 18.4. The van der Waals surface area contributed by atoms with Gasteiger partial charge in [-0.3, -0.25) is 4.57 Å². The largest absolute Gasteiger partial charge is 0.461 e. The lowest BCUT2D eigenvalue weighted by molar-refractivity contribution is 0.0516. The number of aromatic nitrogens is 2. The highest BCUT2D eigenvalue weighted by Crippen LogP contribution is 2.24. The smallest absolute Gasteiger partial charge is 0.426 e. The zero-order valence-corrected chi connectivity index (χ0v) is 14.6. The van der Waals surface area contributed by atoms with Crippen LogP contribution in [0.2, 0.25) is 0 Å². The highest BCUT2D eigenvalue weighted by atomic mass is 35.5. The molecule has 1 N–H and O–H groups in total. The molecular formula is C16H18ClN3O5. The molecule has 25 heavy (non-hydrogen) atoms. The molecule has 1 aromatic carbocycles. The van der Waals surface area contributed by atoms with Crippen LogP contribution >= 0.6 is 11.6 Å². The van der Waals surface area contributed by atoms with Gasteiger partial charge in [-0.2, -0.15) is 4.68 Å². The van der Waals surface area contributed by atoms with Crippen LogP contribution in [0.3, 0.4) is 0 Å². The van der Waals surface area contributed by atoms with Crippen LogP contribution in [0.25, 0.3) is 11.3 Å². The van der Waals surface area contributed by atoms with Gasteiger partial charge in [0.1, 0.15) is 0 Å². The molecule has 0 unspecified atom stereocenters. The Hall–Kier alpha value is -2.74. The van der Waals surface area contributed by atoms with E-state index >= 15 is 0 Å². The first kappa shape index (κ1) is 18.6. The molecule has 0 fully saturated rings. The summed E-state index contributed by atoms with van der Waals surface area (Å²) in [7, 11) is 1.15. The van der Waals surface area contributed by atoms with Crippen molar-refractivity contribution in [1.82, 2.24) is 9.24 Å². The first-order valence-electron chi connectivity index (χ1n) is 7.54. The van der Waals surface area contributed by atoms with Gasteiger partial charge in [0.15, 0.2) is 5.69 Å². The van der Waals surface area contributed by atoms with E-state index in [1.54, 1.807) is 37.3 Å². The van der Waals surface area contributed by atoms with Crippen molar-refractivity contribution < 1.29 is 19.1 Å². The number of alkyl halides is 1. The average Bonchev–Trinajstić information content (AvgIpc) is 2.89. The Bertz CT molecular complexity index is 813. The Kier molecular flexibility index (Phi) is 6.24. The van der Waals surface area contributed by atoms with Crippen LogP contribution in [0, 0.1) is 0 Å². The summed E-state index contributed by atoms with van der Waals surface area (Å²) in [6, 6.07) is 8.83. The quantitative estimate of drug-likeness (QED) is 0.623. The van der Waals surface area contributed by atoms with Crippen LogP contribution in [-0.2, 0) is 16.0 Å². The van der Waals surface area contributed by atoms with Gasteiger partial charge < -0.3 is 9.47 Å². The van der Waals surface area contributed by atoms with E-state index in [4.69, 9.17) is 16.3 Å². The van der Waals surface area contributed by atoms with Crippen molar-refractivity contribution >= 4 is 23.7 Å². The topological polar surface area (TPSA) is 91.6 Å². The van der Waals surface area contributed by atoms with Gasteiger partial charge in [-0.15, -0.1) is 11.6 Å². The highest BCUT2D eigenvalue weighted by Gasteiger charge is 2.28. The SMILES string of the molecule is CCOC(=O)c1c(-c2ccccc2)n(CCCl)c(=O)n1NC(=O)OC. The molecule has 1 heterocycles. The van der Waals surface area contributed by atoms with E-state index in [1.807, 2.05) is 0 Å². The fourth-order valence-corrected chi connectivity index (χ4v) is 2.52. The number of hydrogen-bond donors (Lipinski definition) is 1. The molecule has 0 radical (unpaired) electrons. The number of benzene rings is 1. The number of esters is 1. The summed E-state index contributed by atoms with van der Waals surface area (Å²) < 4.78 is 11.7. The summed E-state index contributed by atoms with van der Waals surface area (Å²) in [5.74, 6) is -0.604. The molecule has 9 heteroatoms. The third-order valence-corrected chi connectivity index (χ3v) is 3.52. The van der Waals surface area contributed by atoms with Crippen LogP contribution in [-0.4, -0.2) is 40.9 Å². The van der Waals surface area contributed by atoms with Crippen molar-refractivity contribution in [3.05, 3.63) is 46.5 Å². The number of carbonyl (C=O) groups is 2. The second kappa shape index (κ2) is 8.39. The molecule has 0 saturated heterocycles. The first-order chi connectivity index (χ1) is 12.0. The summed E-state index contributed by atoms with van der Waals surface area (Å²) in [5, 5.41) is 0. The lowest BCUT2D eigenvalue weighted by atomic mass is 10.1. The van der Waals surface area contributed by atoms with Crippen molar-refractivity contribution in [2.75, 3.05) is 25.0 Å². The van der Waals surface area contributed by atoms with Crippen LogP contribution in [0.15, 0.2) is 35.1 Å². The molecule has 1 amide bonds. The Morgan fingerprint density at radius 3 is 2.48 bits per heavy atom. The van der Waals surface area contributed by atoms with E-state index in [9.17, 15) is 14.4 Å². The molecular weight excluding hydrogens is 350 g/mol. The molecule has 0 saturated carbocycles. The molecule has 8 nitrogen and oxygen atoms in total. The predicted octanol–water partition coefficient (Wildman–Crippen LogP) is 2.04. The first-order valence-corrected chi connectivity index (χ1v) is 8.07. The molecule has 0 atom stereocenters. The number of rotatable bonds is 6. The fraction of sp³-hybridized carbons (Fsp3) is 0.312. The number of carbonyl (C=O) groups excluding carboxylic acids is 2. The van der Waals surface area contributed by atoms with E-state index in [0.29, 0.717) is 11.3 Å². The van der Waals surface area contributed by atoms with E-state index in [1.165, 1.54) is 4.57 Å². The van der Waals surface area contributed by atoms with Crippen molar-refractivity contribution in [2.24, 2.45) is 0 Å². The number of nitrogens with one attached hydrogen (secondary N) is 1. The summed E-state index contributed by atoms with van der Waals surface area (Å²) in [6.07, 6.45) is -0.893. The Balaban J connectivity index is 2.77. The van der Waals surface area contributed by atoms with Crippen LogP contribution in [0.4, 0.5) is 4.79 Å². The third-order valence-electron chi connectivity index (χ3n) is 3.35. The summed E-state index contributed by atoms with van der Waals surface area (Å²) >= 11 is 5.81. The maximum atomic E-state index is 12.7. The zero-order valence-electron chi connectivity index (χ0n) is 13.8. The summed E-state index contributed by atoms with van der Waals surface area (Å²) in [6.45, 7) is 1.90. The van der Waals surface area contributed by atoms with Gasteiger partial charge >= 0.3 is 17.8 Å². The van der Waals surface area contributed by atoms with E-state index in [2.05, 4.69) is 10.2 Å². The van der Waals surface area contributed by atoms with Crippen molar-refractivity contribution in [1.29, 1.82) is 0 Å². The van der Waals surface area contributed by atoms with Crippen LogP contribution in [0.1, 0.15) is 17.4 Å². The molecule has 0 spiro atoms. The summed E-state index contributed by atoms with van der Waals surface area (Å²) in [4.78, 5) is 36.8. The molecule has 2 aromatic rings. The second-order valence-electron chi connectivity index (χ2n) is 4.85. The molecule has 0 aliphatic carbocycles. The molecule has 0 aliphatic heterocycles. The summed E-state index contributed by atoms with van der Waals surface area (Å²) in [5.41, 5.74) is 2.42. The fourth-order valence-electron chi connectivity index (χ4n) is 2.35. The van der Waals surface area contributed by atoms with Crippen molar-refractivity contribution in [3.8, 4) is 11.3 Å². The Morgan fingerprint density at radius 1 is 1.24 bits per heavy atom. The average molecular weight is 368 g/mol. The van der Waals surface area contributed by atoms with Gasteiger partial charge in [0, 0.05) is 18.0 Å². The number of ether oxygens (including phenoxy) is 2. The van der Waals surface area contributed by atoms with E-state index in [0.717, 1.165) is 11.8 Å². The minimum absolute atomic E-state index is 0.103. The van der Waals surface area contributed by atoms with Gasteiger partial charge in [0.2, 0.25) is 0 Å². The van der Waals surface area contributed by atoms with Crippen molar-refractivity contribution in [2.45, 2.75) is 13.5 Å². The Morgan fingerprint density at radius 2 is 1.92 bits per heavy atom. The molecule has 0 bridgehead atoms. The van der Waals surface area contributed by atoms with Gasteiger partial charge in [-0.25, -0.2) is 19.8 Å². The van der Waals surface area contributed by atoms with Crippen molar-refractivity contribution in [3.63, 3.8) is 0 Å². The van der Waals surface area contributed by atoms with Gasteiger partial charge in [0.05, 0.1) is 19.4 Å². The number of methoxy groups -OCH3 is 1. The maximum Gasteiger partial charge on any atom is 0.426 e. The lowest BCUT2D eigenvalue weighted by Crippen LogP contribution is -2.36. The maximum absolute atomic E-state index is 12.7. The van der Waals surface area contributed by atoms with Crippen LogP contribution < -0.4 is 11.1 Å². The normalized spacial score (nSPS) is 10.4. The standard InChI is InChI=1S/C16H18ClN3O5/c1-3-25-14(21)13-12(11-7-5-4-6-8-11)19(10-9-17)16(23)20(13)18-15(22)24-2/h4-8H,3,9-10H2,1-2H3,(H,18,22). The predicted molar refractivity (Wildman–Crippen MR) is 92.6 cm³/mol. The number of hydrogen-bond acceptors (Lipinski definition) is 5. The number of halogens is 1. The second-order valence-corrected chi connectivity index (χ2v) is 5.22. The third kappa shape index (κ3) is 3.85. The van der Waals surface area contributed by atoms with Gasteiger partial charge in [0.25, 0.3) is 0 Å². The number of amides is 1. The van der Waals surface area contributed by atoms with E-state index < -0.39 is 17.8 Å². The molecule has 1 aromatic heterocycles. The number of nitrogens with zero attached hydrogens (tertiary/aromatic N) is 2. The number of imidazole rings is 1. The van der Waals surface area contributed by atoms with Crippen LogP contribution in [0.5, 0.6) is 0 Å². The minimum atomic E-state index is -0.893. The Labute approximate surface area is 148 Å².